The molecule has 2 fully saturated rings. The van der Waals surface area contributed by atoms with E-state index >= 15 is 0 Å². The summed E-state index contributed by atoms with van der Waals surface area (Å²) in [4.78, 5) is 13.2. The molecule has 3 nitrogen and oxygen atoms in total. The number of hydrogen-bond donors (Lipinski definition) is 1. The van der Waals surface area contributed by atoms with Gasteiger partial charge in [-0.1, -0.05) is 20.3 Å². The van der Waals surface area contributed by atoms with E-state index in [4.69, 9.17) is 4.74 Å². The third kappa shape index (κ3) is 3.98. The van der Waals surface area contributed by atoms with E-state index in [9.17, 15) is 4.79 Å². The lowest BCUT2D eigenvalue weighted by molar-refractivity contribution is -0.879. The summed E-state index contributed by atoms with van der Waals surface area (Å²) in [6, 6.07) is 0. The van der Waals surface area contributed by atoms with Gasteiger partial charge >= 0.3 is 5.97 Å². The summed E-state index contributed by atoms with van der Waals surface area (Å²) < 4.78 is 5.49. The minimum absolute atomic E-state index is 0.0118. The third-order valence-electron chi connectivity index (χ3n) is 4.77. The summed E-state index contributed by atoms with van der Waals surface area (Å²) in [5, 5.41) is 0. The van der Waals surface area contributed by atoms with E-state index in [-0.39, 0.29) is 5.97 Å². The van der Waals surface area contributed by atoms with Crippen LogP contribution in [0.3, 0.4) is 0 Å². The minimum atomic E-state index is 0.0118. The normalized spacial score (nSPS) is 33.6. The summed E-state index contributed by atoms with van der Waals surface area (Å²) in [5.41, 5.74) is 0. The van der Waals surface area contributed by atoms with Crippen LogP contribution >= 0.6 is 0 Å². The topological polar surface area (TPSA) is 30.7 Å². The highest BCUT2D eigenvalue weighted by Crippen LogP contribution is 2.33. The van der Waals surface area contributed by atoms with E-state index in [0.717, 1.165) is 19.0 Å². The molecule has 0 amide bonds. The Bertz CT molecular complexity index is 274. The lowest BCUT2D eigenvalue weighted by atomic mass is 9.76. The van der Waals surface area contributed by atoms with Gasteiger partial charge in [-0.15, -0.1) is 0 Å². The highest BCUT2D eigenvalue weighted by Gasteiger charge is 2.27. The molecule has 0 radical (unpaired) electrons. The number of ether oxygens (including phenoxy) is 1. The first kappa shape index (κ1) is 13.9. The van der Waals surface area contributed by atoms with Crippen LogP contribution in [0.5, 0.6) is 0 Å². The fraction of sp³-hybridized carbons (Fsp3) is 0.933. The molecule has 1 aliphatic heterocycles. The average Bonchev–Trinajstić information content (AvgIpc) is 2.80. The zero-order chi connectivity index (χ0) is 13.0. The average molecular weight is 254 g/mol. The Hall–Kier alpha value is -0.570. The van der Waals surface area contributed by atoms with Crippen molar-refractivity contribution in [2.75, 3.05) is 26.2 Å². The van der Waals surface area contributed by atoms with Gasteiger partial charge in [0.05, 0.1) is 19.7 Å². The predicted molar refractivity (Wildman–Crippen MR) is 71.4 cm³/mol. The molecule has 0 aromatic heterocycles. The Morgan fingerprint density at radius 3 is 2.61 bits per heavy atom. The van der Waals surface area contributed by atoms with Crippen molar-refractivity contribution in [2.45, 2.75) is 46.0 Å². The number of nitrogens with one attached hydrogen (secondary N) is 1. The second kappa shape index (κ2) is 6.55. The van der Waals surface area contributed by atoms with Crippen molar-refractivity contribution >= 4 is 5.97 Å². The number of carbonyl (C=O) groups excluding carboxylic acids is 1. The number of quaternary nitrogens is 1. The molecule has 3 atom stereocenters. The summed E-state index contributed by atoms with van der Waals surface area (Å²) >= 11 is 0. The van der Waals surface area contributed by atoms with Gasteiger partial charge in [0.25, 0.3) is 0 Å². The SMILES string of the molecule is C[C@H]1CC[C@@H](COC(=O)C[NH+]2CCCC2)[C@H](C)C1. The summed E-state index contributed by atoms with van der Waals surface area (Å²) in [6.45, 7) is 8.16. The van der Waals surface area contributed by atoms with E-state index in [0.29, 0.717) is 25.0 Å². The number of likely N-dealkylation sites (tertiary alicyclic amines) is 1. The molecule has 2 aliphatic rings. The Kier molecular flexibility index (Phi) is 5.04. The standard InChI is InChI=1S/C15H27NO2/c1-12-5-6-14(13(2)9-12)11-18-15(17)10-16-7-3-4-8-16/h12-14H,3-11H2,1-2H3/p+1/t12-,13+,14-/m0/s1. The van der Waals surface area contributed by atoms with Crippen LogP contribution < -0.4 is 4.90 Å². The molecule has 1 aliphatic carbocycles. The van der Waals surface area contributed by atoms with Crippen LogP contribution in [0.25, 0.3) is 0 Å². The van der Waals surface area contributed by atoms with Gasteiger partial charge in [-0.05, 0) is 30.6 Å². The summed E-state index contributed by atoms with van der Waals surface area (Å²) in [5.74, 6) is 2.16. The van der Waals surface area contributed by atoms with Gasteiger partial charge in [-0.3, -0.25) is 0 Å². The van der Waals surface area contributed by atoms with Crippen molar-refractivity contribution in [1.29, 1.82) is 0 Å². The maximum absolute atomic E-state index is 11.8. The fourth-order valence-corrected chi connectivity index (χ4v) is 3.48. The van der Waals surface area contributed by atoms with Crippen molar-refractivity contribution in [3.8, 4) is 0 Å². The van der Waals surface area contributed by atoms with Crippen molar-refractivity contribution in [1.82, 2.24) is 0 Å². The molecule has 0 spiro atoms. The number of esters is 1. The van der Waals surface area contributed by atoms with Crippen LogP contribution in [-0.4, -0.2) is 32.2 Å². The first-order valence-electron chi connectivity index (χ1n) is 7.64. The lowest BCUT2D eigenvalue weighted by Gasteiger charge is -2.32. The third-order valence-corrected chi connectivity index (χ3v) is 4.77. The highest BCUT2D eigenvalue weighted by molar-refractivity contribution is 5.70. The number of rotatable bonds is 4. The Labute approximate surface area is 111 Å². The summed E-state index contributed by atoms with van der Waals surface area (Å²) in [7, 11) is 0. The monoisotopic (exact) mass is 254 g/mol. The van der Waals surface area contributed by atoms with E-state index < -0.39 is 0 Å². The largest absolute Gasteiger partial charge is 0.461 e. The van der Waals surface area contributed by atoms with Gasteiger partial charge in [0.2, 0.25) is 0 Å². The molecular formula is C15H28NO2+. The van der Waals surface area contributed by atoms with Crippen molar-refractivity contribution in [3.05, 3.63) is 0 Å². The molecule has 18 heavy (non-hydrogen) atoms. The van der Waals surface area contributed by atoms with Gasteiger partial charge in [0.1, 0.15) is 0 Å². The fourth-order valence-electron chi connectivity index (χ4n) is 3.48. The molecule has 104 valence electrons. The second-order valence-corrected chi connectivity index (χ2v) is 6.47. The smallest absolute Gasteiger partial charge is 0.361 e. The zero-order valence-corrected chi connectivity index (χ0v) is 11.9. The molecular weight excluding hydrogens is 226 g/mol. The highest BCUT2D eigenvalue weighted by atomic mass is 16.5. The van der Waals surface area contributed by atoms with E-state index in [1.165, 1.54) is 37.0 Å². The van der Waals surface area contributed by atoms with Crippen LogP contribution in [0.1, 0.15) is 46.0 Å². The first-order valence-corrected chi connectivity index (χ1v) is 7.64. The molecule has 3 heteroatoms. The second-order valence-electron chi connectivity index (χ2n) is 6.47. The molecule has 0 aromatic rings. The van der Waals surface area contributed by atoms with Crippen LogP contribution in [0.15, 0.2) is 0 Å². The van der Waals surface area contributed by atoms with Crippen LogP contribution in [0, 0.1) is 17.8 Å². The molecule has 2 rings (SSSR count). The molecule has 0 unspecified atom stereocenters. The van der Waals surface area contributed by atoms with E-state index in [2.05, 4.69) is 13.8 Å². The van der Waals surface area contributed by atoms with Gasteiger partial charge in [0.15, 0.2) is 6.54 Å². The first-order chi connectivity index (χ1) is 8.65. The Morgan fingerprint density at radius 2 is 1.94 bits per heavy atom. The van der Waals surface area contributed by atoms with Gasteiger partial charge < -0.3 is 9.64 Å². The van der Waals surface area contributed by atoms with Crippen molar-refractivity contribution < 1.29 is 14.4 Å². The van der Waals surface area contributed by atoms with Crippen molar-refractivity contribution in [2.24, 2.45) is 17.8 Å². The predicted octanol–water partition coefficient (Wildman–Crippen LogP) is 1.28. The lowest BCUT2D eigenvalue weighted by Crippen LogP contribution is -3.11. The van der Waals surface area contributed by atoms with Gasteiger partial charge in [-0.25, -0.2) is 4.79 Å². The molecule has 1 saturated heterocycles. The maximum atomic E-state index is 11.8. The van der Waals surface area contributed by atoms with Crippen molar-refractivity contribution in [3.63, 3.8) is 0 Å². The quantitative estimate of drug-likeness (QED) is 0.766. The molecule has 0 aromatic carbocycles. The van der Waals surface area contributed by atoms with E-state index in [1.54, 1.807) is 0 Å². The van der Waals surface area contributed by atoms with Gasteiger partial charge in [0, 0.05) is 12.8 Å². The number of hydrogen-bond acceptors (Lipinski definition) is 2. The minimum Gasteiger partial charge on any atom is -0.461 e. The van der Waals surface area contributed by atoms with Gasteiger partial charge in [-0.2, -0.15) is 0 Å². The Balaban J connectivity index is 1.65. The summed E-state index contributed by atoms with van der Waals surface area (Å²) in [6.07, 6.45) is 6.34. The Morgan fingerprint density at radius 1 is 1.22 bits per heavy atom. The molecule has 1 heterocycles. The molecule has 1 saturated carbocycles. The molecule has 0 bridgehead atoms. The van der Waals surface area contributed by atoms with Crippen LogP contribution in [0.2, 0.25) is 0 Å². The maximum Gasteiger partial charge on any atom is 0.361 e. The van der Waals surface area contributed by atoms with Crippen LogP contribution in [0.4, 0.5) is 0 Å². The van der Waals surface area contributed by atoms with Crippen LogP contribution in [-0.2, 0) is 9.53 Å². The zero-order valence-electron chi connectivity index (χ0n) is 11.9. The van der Waals surface area contributed by atoms with E-state index in [1.807, 2.05) is 0 Å². The molecule has 1 N–H and O–H groups in total. The number of carbonyl (C=O) groups is 1.